The third kappa shape index (κ3) is 6.55. The normalized spacial score (nSPS) is 16.9. The molecule has 1 aromatic carbocycles. The smallest absolute Gasteiger partial charge is 0.362 e. The van der Waals surface area contributed by atoms with Crippen LogP contribution in [0.4, 0.5) is 24.9 Å². The molecule has 0 spiro atoms. The molecule has 0 saturated carbocycles. The number of hydrogen-bond donors (Lipinski definition) is 2. The Balaban J connectivity index is 1.62. The van der Waals surface area contributed by atoms with Crippen LogP contribution in [-0.2, 0) is 12.6 Å². The van der Waals surface area contributed by atoms with E-state index in [9.17, 15) is 13.2 Å². The molecule has 0 bridgehead atoms. The zero-order valence-electron chi connectivity index (χ0n) is 16.9. The van der Waals surface area contributed by atoms with Crippen molar-refractivity contribution in [2.75, 3.05) is 29.9 Å². The zero-order valence-corrected chi connectivity index (χ0v) is 17.7. The van der Waals surface area contributed by atoms with Gasteiger partial charge in [0, 0.05) is 25.7 Å². The lowest BCUT2D eigenvalue weighted by Crippen LogP contribution is -2.36. The van der Waals surface area contributed by atoms with E-state index >= 15 is 0 Å². The molecule has 0 radical (unpaired) electrons. The van der Waals surface area contributed by atoms with Crippen molar-refractivity contribution >= 4 is 29.1 Å². The largest absolute Gasteiger partial charge is 0.433 e. The van der Waals surface area contributed by atoms with Gasteiger partial charge in [0.05, 0.1) is 0 Å². The second kappa shape index (κ2) is 10.1. The fourth-order valence-electron chi connectivity index (χ4n) is 3.48. The highest BCUT2D eigenvalue weighted by Gasteiger charge is 2.34. The van der Waals surface area contributed by atoms with Crippen LogP contribution in [-0.4, -0.2) is 34.7 Å². The summed E-state index contributed by atoms with van der Waals surface area (Å²) in [5.41, 5.74) is 0.250. The van der Waals surface area contributed by atoms with E-state index in [-0.39, 0.29) is 16.9 Å². The van der Waals surface area contributed by atoms with Gasteiger partial charge in [-0.2, -0.15) is 18.2 Å². The Kier molecular flexibility index (Phi) is 7.47. The van der Waals surface area contributed by atoms with Crippen LogP contribution in [0.15, 0.2) is 36.4 Å². The molecule has 1 atom stereocenters. The summed E-state index contributed by atoms with van der Waals surface area (Å²) in [7, 11) is 0. The van der Waals surface area contributed by atoms with Gasteiger partial charge in [-0.05, 0) is 49.4 Å². The van der Waals surface area contributed by atoms with Crippen molar-refractivity contribution in [3.63, 3.8) is 0 Å². The third-order valence-electron chi connectivity index (χ3n) is 4.98. The molecule has 30 heavy (non-hydrogen) atoms. The van der Waals surface area contributed by atoms with Gasteiger partial charge >= 0.3 is 6.18 Å². The van der Waals surface area contributed by atoms with Crippen molar-refractivity contribution in [3.05, 3.63) is 47.7 Å². The lowest BCUT2D eigenvalue weighted by Gasteiger charge is -2.32. The number of aromatic nitrogens is 2. The molecule has 0 aliphatic carbocycles. The number of anilines is 2. The van der Waals surface area contributed by atoms with E-state index in [2.05, 4.69) is 39.7 Å². The number of hydrogen-bond acceptors (Lipinski definition) is 4. The number of aryl methyl sites for hydroxylation is 1. The molecule has 0 unspecified atom stereocenters. The van der Waals surface area contributed by atoms with E-state index in [4.69, 9.17) is 12.2 Å². The number of thiocarbonyl (C=S) groups is 1. The fraction of sp³-hybridized carbons (Fsp3) is 0.476. The van der Waals surface area contributed by atoms with Gasteiger partial charge in [-0.15, -0.1) is 0 Å². The van der Waals surface area contributed by atoms with Crippen molar-refractivity contribution in [3.8, 4) is 0 Å². The van der Waals surface area contributed by atoms with Crippen molar-refractivity contribution in [2.24, 2.45) is 5.92 Å². The van der Waals surface area contributed by atoms with E-state index in [0.29, 0.717) is 25.6 Å². The van der Waals surface area contributed by atoms with Crippen LogP contribution in [0.5, 0.6) is 0 Å². The molecule has 1 saturated heterocycles. The summed E-state index contributed by atoms with van der Waals surface area (Å²) in [6, 6.07) is 11.1. The van der Waals surface area contributed by atoms with Gasteiger partial charge in [-0.3, -0.25) is 0 Å². The molecule has 5 nitrogen and oxygen atoms in total. The average Bonchev–Trinajstić information content (AvgIpc) is 2.71. The van der Waals surface area contributed by atoms with Gasteiger partial charge in [-0.25, -0.2) is 4.98 Å². The summed E-state index contributed by atoms with van der Waals surface area (Å²) in [5, 5.41) is 5.94. The molecular formula is C21H26F3N5S. The second-order valence-corrected chi connectivity index (χ2v) is 8.00. The van der Waals surface area contributed by atoms with E-state index in [1.54, 1.807) is 0 Å². The Morgan fingerprint density at radius 2 is 2.00 bits per heavy atom. The Morgan fingerprint density at radius 1 is 1.23 bits per heavy atom. The Labute approximate surface area is 180 Å². The average molecular weight is 438 g/mol. The first-order valence-corrected chi connectivity index (χ1v) is 10.5. The van der Waals surface area contributed by atoms with Crippen LogP contribution < -0.4 is 15.5 Å². The quantitative estimate of drug-likeness (QED) is 0.507. The number of rotatable bonds is 6. The number of piperidine rings is 1. The minimum atomic E-state index is -4.56. The standard InChI is InChI=1S/C21H26F3N5S/c1-15-7-6-12-29(14-15)18-13-17(21(22,23)24)26-19(27-18)28-20(30)25-11-5-10-16-8-3-2-4-9-16/h2-4,8-9,13,15H,5-7,10-12,14H2,1H3,(H2,25,26,27,28,30)/t15-/m1/s1. The van der Waals surface area contributed by atoms with E-state index in [0.717, 1.165) is 31.7 Å². The maximum absolute atomic E-state index is 13.4. The topological polar surface area (TPSA) is 53.1 Å². The van der Waals surface area contributed by atoms with E-state index in [1.807, 2.05) is 23.1 Å². The summed E-state index contributed by atoms with van der Waals surface area (Å²) in [6.45, 7) is 4.04. The van der Waals surface area contributed by atoms with E-state index in [1.165, 1.54) is 5.56 Å². The van der Waals surface area contributed by atoms with Crippen molar-refractivity contribution in [2.45, 2.75) is 38.8 Å². The lowest BCUT2D eigenvalue weighted by atomic mass is 10.0. The molecule has 1 fully saturated rings. The lowest BCUT2D eigenvalue weighted by molar-refractivity contribution is -0.141. The van der Waals surface area contributed by atoms with Gasteiger partial charge in [0.1, 0.15) is 5.82 Å². The van der Waals surface area contributed by atoms with Gasteiger partial charge in [0.15, 0.2) is 10.8 Å². The summed E-state index contributed by atoms with van der Waals surface area (Å²) in [6.07, 6.45) is -0.841. The van der Waals surface area contributed by atoms with Crippen molar-refractivity contribution < 1.29 is 13.2 Å². The molecule has 1 aliphatic rings. The van der Waals surface area contributed by atoms with Crippen LogP contribution in [0.1, 0.15) is 37.4 Å². The second-order valence-electron chi connectivity index (χ2n) is 7.60. The Hall–Kier alpha value is -2.42. The van der Waals surface area contributed by atoms with E-state index < -0.39 is 11.9 Å². The highest BCUT2D eigenvalue weighted by atomic mass is 32.1. The number of nitrogens with zero attached hydrogens (tertiary/aromatic N) is 3. The third-order valence-corrected chi connectivity index (χ3v) is 5.23. The number of halogens is 3. The van der Waals surface area contributed by atoms with Crippen LogP contribution in [0.3, 0.4) is 0 Å². The van der Waals surface area contributed by atoms with Gasteiger partial charge in [0.25, 0.3) is 0 Å². The van der Waals surface area contributed by atoms with Gasteiger partial charge < -0.3 is 15.5 Å². The van der Waals surface area contributed by atoms with Crippen LogP contribution in [0.2, 0.25) is 0 Å². The summed E-state index contributed by atoms with van der Waals surface area (Å²) in [4.78, 5) is 9.81. The van der Waals surface area contributed by atoms with Crippen LogP contribution >= 0.6 is 12.2 Å². The molecular weight excluding hydrogens is 411 g/mol. The Morgan fingerprint density at radius 3 is 2.70 bits per heavy atom. The molecule has 162 valence electrons. The Bertz CT molecular complexity index is 844. The molecule has 2 heterocycles. The first-order valence-electron chi connectivity index (χ1n) is 10.1. The minimum Gasteiger partial charge on any atom is -0.362 e. The molecule has 0 amide bonds. The highest BCUT2D eigenvalue weighted by Crippen LogP contribution is 2.31. The summed E-state index contributed by atoms with van der Waals surface area (Å²) >= 11 is 5.22. The molecule has 3 rings (SSSR count). The van der Waals surface area contributed by atoms with Gasteiger partial charge in [0.2, 0.25) is 5.95 Å². The number of benzene rings is 1. The molecule has 1 aromatic heterocycles. The number of alkyl halides is 3. The molecule has 2 aromatic rings. The van der Waals surface area contributed by atoms with Crippen LogP contribution in [0, 0.1) is 5.92 Å². The highest BCUT2D eigenvalue weighted by molar-refractivity contribution is 7.80. The maximum atomic E-state index is 13.4. The van der Waals surface area contributed by atoms with Crippen molar-refractivity contribution in [1.29, 1.82) is 0 Å². The molecule has 1 aliphatic heterocycles. The molecule has 2 N–H and O–H groups in total. The van der Waals surface area contributed by atoms with Crippen molar-refractivity contribution in [1.82, 2.24) is 15.3 Å². The minimum absolute atomic E-state index is 0.140. The molecule has 9 heteroatoms. The predicted molar refractivity (Wildman–Crippen MR) is 117 cm³/mol. The van der Waals surface area contributed by atoms with Crippen LogP contribution in [0.25, 0.3) is 0 Å². The monoisotopic (exact) mass is 437 g/mol. The fourth-order valence-corrected chi connectivity index (χ4v) is 3.67. The summed E-state index contributed by atoms with van der Waals surface area (Å²) < 4.78 is 40.1. The predicted octanol–water partition coefficient (Wildman–Crippen LogP) is 4.65. The number of nitrogens with one attached hydrogen (secondary N) is 2. The maximum Gasteiger partial charge on any atom is 0.433 e. The first-order chi connectivity index (χ1) is 14.3. The SMILES string of the molecule is C[C@@H]1CCCN(c2cc(C(F)(F)F)nc(NC(=S)NCCCc3ccccc3)n2)C1. The summed E-state index contributed by atoms with van der Waals surface area (Å²) in [5.74, 6) is 0.545. The first kappa shape index (κ1) is 22.3. The van der Waals surface area contributed by atoms with Gasteiger partial charge in [-0.1, -0.05) is 37.3 Å². The zero-order chi connectivity index (χ0) is 21.6.